The lowest BCUT2D eigenvalue weighted by Crippen LogP contribution is -2.25. The van der Waals surface area contributed by atoms with Crippen molar-refractivity contribution in [2.75, 3.05) is 5.73 Å². The summed E-state index contributed by atoms with van der Waals surface area (Å²) in [6.07, 6.45) is 0.722. The van der Waals surface area contributed by atoms with Gasteiger partial charge in [0.05, 0.1) is 11.0 Å². The van der Waals surface area contributed by atoms with Gasteiger partial charge in [-0.3, -0.25) is 4.79 Å². The molecule has 0 aliphatic heterocycles. The quantitative estimate of drug-likeness (QED) is 0.749. The van der Waals surface area contributed by atoms with E-state index in [4.69, 9.17) is 5.73 Å². The fourth-order valence-electron chi connectivity index (χ4n) is 2.54. The Hall–Kier alpha value is -2.62. The van der Waals surface area contributed by atoms with E-state index in [1.807, 2.05) is 48.5 Å². The molecule has 0 aliphatic carbocycles. The maximum Gasteiger partial charge on any atom is 0.272 e. The van der Waals surface area contributed by atoms with Crippen molar-refractivity contribution in [3.63, 3.8) is 0 Å². The molecule has 0 fully saturated rings. The molecule has 3 aromatic rings. The highest BCUT2D eigenvalue weighted by molar-refractivity contribution is 5.74. The minimum Gasteiger partial charge on any atom is -0.399 e. The van der Waals surface area contributed by atoms with Gasteiger partial charge in [-0.1, -0.05) is 30.3 Å². The van der Waals surface area contributed by atoms with Gasteiger partial charge in [-0.25, -0.2) is 4.98 Å². The van der Waals surface area contributed by atoms with Gasteiger partial charge in [-0.15, -0.1) is 0 Å². The van der Waals surface area contributed by atoms with Crippen molar-refractivity contribution in [2.45, 2.75) is 19.9 Å². The van der Waals surface area contributed by atoms with Crippen molar-refractivity contribution in [3.8, 4) is 0 Å². The normalized spacial score (nSPS) is 10.9. The Morgan fingerprint density at radius 2 is 1.81 bits per heavy atom. The van der Waals surface area contributed by atoms with Crippen LogP contribution < -0.4 is 11.3 Å². The second-order valence-corrected chi connectivity index (χ2v) is 5.09. The van der Waals surface area contributed by atoms with Crippen LogP contribution in [0.2, 0.25) is 0 Å². The topological polar surface area (TPSA) is 60.9 Å². The summed E-state index contributed by atoms with van der Waals surface area (Å²) >= 11 is 0. The van der Waals surface area contributed by atoms with Crippen molar-refractivity contribution in [2.24, 2.45) is 0 Å². The average Bonchev–Trinajstić information content (AvgIpc) is 2.49. The molecule has 0 atom stereocenters. The van der Waals surface area contributed by atoms with Gasteiger partial charge in [0.15, 0.2) is 0 Å². The molecule has 4 nitrogen and oxygen atoms in total. The molecule has 2 N–H and O–H groups in total. The van der Waals surface area contributed by atoms with Crippen molar-refractivity contribution < 1.29 is 0 Å². The summed E-state index contributed by atoms with van der Waals surface area (Å²) in [4.78, 5) is 16.7. The van der Waals surface area contributed by atoms with Gasteiger partial charge in [0.25, 0.3) is 5.56 Å². The first kappa shape index (κ1) is 13.4. The molecular formula is C17H17N3O. The highest BCUT2D eigenvalue weighted by Crippen LogP contribution is 2.14. The van der Waals surface area contributed by atoms with Crippen LogP contribution in [-0.4, -0.2) is 9.55 Å². The van der Waals surface area contributed by atoms with E-state index in [1.54, 1.807) is 11.5 Å². The van der Waals surface area contributed by atoms with Gasteiger partial charge in [0.1, 0.15) is 5.69 Å². The van der Waals surface area contributed by atoms with Crippen LogP contribution in [0, 0.1) is 6.92 Å². The van der Waals surface area contributed by atoms with Crippen LogP contribution in [-0.2, 0) is 13.0 Å². The second kappa shape index (κ2) is 5.40. The largest absolute Gasteiger partial charge is 0.399 e. The van der Waals surface area contributed by atoms with E-state index in [-0.39, 0.29) is 5.56 Å². The first-order chi connectivity index (χ1) is 10.2. The van der Waals surface area contributed by atoms with E-state index >= 15 is 0 Å². The van der Waals surface area contributed by atoms with Crippen LogP contribution >= 0.6 is 0 Å². The van der Waals surface area contributed by atoms with Crippen LogP contribution in [0.5, 0.6) is 0 Å². The number of para-hydroxylation sites is 3. The predicted molar refractivity (Wildman–Crippen MR) is 85.3 cm³/mol. The third-order valence-electron chi connectivity index (χ3n) is 3.68. The third kappa shape index (κ3) is 2.52. The highest BCUT2D eigenvalue weighted by Gasteiger charge is 2.08. The summed E-state index contributed by atoms with van der Waals surface area (Å²) in [5.41, 5.74) is 9.98. The molecule has 0 amide bonds. The number of aromatic nitrogens is 2. The van der Waals surface area contributed by atoms with Crippen molar-refractivity contribution in [1.82, 2.24) is 9.55 Å². The highest BCUT2D eigenvalue weighted by atomic mass is 16.1. The molecule has 0 unspecified atom stereocenters. The molecule has 0 radical (unpaired) electrons. The number of hydrogen-bond donors (Lipinski definition) is 1. The minimum atomic E-state index is -0.0387. The Balaban J connectivity index is 2.02. The lowest BCUT2D eigenvalue weighted by Gasteiger charge is -2.12. The number of aryl methyl sites for hydroxylation is 3. The molecule has 0 bridgehead atoms. The van der Waals surface area contributed by atoms with Crippen molar-refractivity contribution >= 4 is 16.7 Å². The zero-order valence-electron chi connectivity index (χ0n) is 11.9. The Labute approximate surface area is 122 Å². The molecule has 1 aromatic heterocycles. The van der Waals surface area contributed by atoms with E-state index in [0.29, 0.717) is 12.2 Å². The SMILES string of the molecule is Cc1nc2ccccc2n(CCc2ccccc2N)c1=O. The monoisotopic (exact) mass is 279 g/mol. The summed E-state index contributed by atoms with van der Waals surface area (Å²) in [5, 5.41) is 0. The second-order valence-electron chi connectivity index (χ2n) is 5.09. The van der Waals surface area contributed by atoms with Crippen molar-refractivity contribution in [3.05, 3.63) is 70.1 Å². The number of rotatable bonds is 3. The van der Waals surface area contributed by atoms with Crippen LogP contribution in [0.1, 0.15) is 11.3 Å². The molecule has 3 rings (SSSR count). The Bertz CT molecular complexity index is 852. The van der Waals surface area contributed by atoms with E-state index < -0.39 is 0 Å². The molecule has 0 aliphatic rings. The van der Waals surface area contributed by atoms with Gasteiger partial charge < -0.3 is 10.3 Å². The maximum absolute atomic E-state index is 12.4. The van der Waals surface area contributed by atoms with Gasteiger partial charge in [0, 0.05) is 12.2 Å². The standard InChI is InChI=1S/C17H17N3O/c1-12-17(21)20(16-9-5-4-8-15(16)19-12)11-10-13-6-2-3-7-14(13)18/h2-9H,10-11,18H2,1H3. The molecule has 2 aromatic carbocycles. The number of nitrogen functional groups attached to an aromatic ring is 1. The molecule has 1 heterocycles. The number of anilines is 1. The van der Waals surface area contributed by atoms with E-state index in [0.717, 1.165) is 28.7 Å². The van der Waals surface area contributed by atoms with Crippen LogP contribution in [0.4, 0.5) is 5.69 Å². The Morgan fingerprint density at radius 1 is 1.10 bits per heavy atom. The molecule has 4 heteroatoms. The van der Waals surface area contributed by atoms with E-state index in [1.165, 1.54) is 0 Å². The van der Waals surface area contributed by atoms with Gasteiger partial charge in [-0.05, 0) is 37.1 Å². The summed E-state index contributed by atoms with van der Waals surface area (Å²) in [6.45, 7) is 2.35. The van der Waals surface area contributed by atoms with Crippen LogP contribution in [0.25, 0.3) is 11.0 Å². The van der Waals surface area contributed by atoms with Gasteiger partial charge in [0.2, 0.25) is 0 Å². The molecule has 0 spiro atoms. The molecule has 0 saturated heterocycles. The lowest BCUT2D eigenvalue weighted by atomic mass is 10.1. The van der Waals surface area contributed by atoms with Gasteiger partial charge >= 0.3 is 0 Å². The van der Waals surface area contributed by atoms with E-state index in [9.17, 15) is 4.79 Å². The van der Waals surface area contributed by atoms with Gasteiger partial charge in [-0.2, -0.15) is 0 Å². The smallest absolute Gasteiger partial charge is 0.272 e. The summed E-state index contributed by atoms with van der Waals surface area (Å²) in [6, 6.07) is 15.5. The minimum absolute atomic E-state index is 0.0387. The molecule has 21 heavy (non-hydrogen) atoms. The predicted octanol–water partition coefficient (Wildman–Crippen LogP) is 2.53. The number of hydrogen-bond acceptors (Lipinski definition) is 3. The number of fused-ring (bicyclic) bond motifs is 1. The summed E-state index contributed by atoms with van der Waals surface area (Å²) < 4.78 is 1.78. The number of nitrogens with zero attached hydrogens (tertiary/aromatic N) is 2. The lowest BCUT2D eigenvalue weighted by molar-refractivity contribution is 0.686. The Kier molecular flexibility index (Phi) is 3.44. The zero-order valence-corrected chi connectivity index (χ0v) is 11.9. The van der Waals surface area contributed by atoms with E-state index in [2.05, 4.69) is 4.98 Å². The number of nitrogens with two attached hydrogens (primary N) is 1. The number of benzene rings is 2. The zero-order chi connectivity index (χ0) is 14.8. The fraction of sp³-hybridized carbons (Fsp3) is 0.176. The first-order valence-electron chi connectivity index (χ1n) is 6.96. The van der Waals surface area contributed by atoms with Crippen molar-refractivity contribution in [1.29, 1.82) is 0 Å². The maximum atomic E-state index is 12.4. The fourth-order valence-corrected chi connectivity index (χ4v) is 2.54. The van der Waals surface area contributed by atoms with Crippen LogP contribution in [0.3, 0.4) is 0 Å². The Morgan fingerprint density at radius 3 is 2.62 bits per heavy atom. The summed E-state index contributed by atoms with van der Waals surface area (Å²) in [7, 11) is 0. The average molecular weight is 279 g/mol. The molecular weight excluding hydrogens is 262 g/mol. The molecule has 106 valence electrons. The molecule has 0 saturated carbocycles. The summed E-state index contributed by atoms with van der Waals surface area (Å²) in [5.74, 6) is 0. The third-order valence-corrected chi connectivity index (χ3v) is 3.68. The van der Waals surface area contributed by atoms with Crippen LogP contribution in [0.15, 0.2) is 53.3 Å². The first-order valence-corrected chi connectivity index (χ1v) is 6.96.